The summed E-state index contributed by atoms with van der Waals surface area (Å²) in [6, 6.07) is 8.54. The van der Waals surface area contributed by atoms with Crippen molar-refractivity contribution in [2.75, 3.05) is 26.7 Å². The maximum absolute atomic E-state index is 12.7. The number of aliphatic imine (C=N–C) groups is 1. The van der Waals surface area contributed by atoms with E-state index in [0.29, 0.717) is 19.0 Å². The minimum absolute atomic E-state index is 0.0515. The number of ether oxygens (including phenoxy) is 1. The molecule has 0 radical (unpaired) electrons. The van der Waals surface area contributed by atoms with E-state index in [1.54, 1.807) is 0 Å². The number of nitrogens with one attached hydrogen (secondary N) is 1. The predicted octanol–water partition coefficient (Wildman–Crippen LogP) is 2.88. The van der Waals surface area contributed by atoms with Gasteiger partial charge in [0, 0.05) is 32.5 Å². The zero-order valence-electron chi connectivity index (χ0n) is 16.8. The Hall–Kier alpha value is -2.68. The number of aliphatic hydroxyl groups is 1. The maximum Gasteiger partial charge on any atom is 0.416 e. The highest BCUT2D eigenvalue weighted by atomic mass is 19.4. The van der Waals surface area contributed by atoms with Crippen molar-refractivity contribution in [3.8, 4) is 5.75 Å². The van der Waals surface area contributed by atoms with Crippen LogP contribution in [0.4, 0.5) is 13.2 Å². The standard InChI is InChI=1S/C20H27F3N4O2/c1-4-24-19(27(3)13-16-8-6-10-26(16)2)25-12-17(28)14-29-18-9-5-7-15(11-18)20(21,22)23/h5-11,17,28H,4,12-14H2,1-3H3,(H,24,25). The fourth-order valence-electron chi connectivity index (χ4n) is 2.65. The number of guanidine groups is 1. The second kappa shape index (κ2) is 10.2. The normalized spacial score (nSPS) is 13.3. The maximum atomic E-state index is 12.7. The van der Waals surface area contributed by atoms with Gasteiger partial charge in [-0.25, -0.2) is 0 Å². The average Bonchev–Trinajstić information content (AvgIpc) is 3.07. The third-order valence-corrected chi connectivity index (χ3v) is 4.20. The molecule has 2 N–H and O–H groups in total. The molecule has 0 aliphatic rings. The predicted molar refractivity (Wildman–Crippen MR) is 106 cm³/mol. The first-order valence-corrected chi connectivity index (χ1v) is 9.28. The monoisotopic (exact) mass is 412 g/mol. The van der Waals surface area contributed by atoms with Crippen molar-refractivity contribution in [3.63, 3.8) is 0 Å². The third-order valence-electron chi connectivity index (χ3n) is 4.20. The van der Waals surface area contributed by atoms with Crippen molar-refractivity contribution in [2.24, 2.45) is 12.0 Å². The van der Waals surface area contributed by atoms with Gasteiger partial charge in [0.25, 0.3) is 0 Å². The first-order valence-electron chi connectivity index (χ1n) is 9.28. The van der Waals surface area contributed by atoms with E-state index in [0.717, 1.165) is 17.8 Å². The van der Waals surface area contributed by atoms with Gasteiger partial charge in [0.15, 0.2) is 5.96 Å². The molecule has 6 nitrogen and oxygen atoms in total. The lowest BCUT2D eigenvalue weighted by molar-refractivity contribution is -0.137. The molecule has 0 aliphatic heterocycles. The first kappa shape index (κ1) is 22.6. The van der Waals surface area contributed by atoms with E-state index in [4.69, 9.17) is 4.74 Å². The molecular formula is C20H27F3N4O2. The molecule has 0 saturated carbocycles. The summed E-state index contributed by atoms with van der Waals surface area (Å²) in [6.45, 7) is 3.13. The lowest BCUT2D eigenvalue weighted by atomic mass is 10.2. The van der Waals surface area contributed by atoms with Gasteiger partial charge < -0.3 is 24.6 Å². The smallest absolute Gasteiger partial charge is 0.416 e. The molecule has 0 amide bonds. The SMILES string of the molecule is CCNC(=NCC(O)COc1cccc(C(F)(F)F)c1)N(C)Cc1cccn1C. The van der Waals surface area contributed by atoms with Gasteiger partial charge in [-0.15, -0.1) is 0 Å². The Morgan fingerprint density at radius 2 is 2.07 bits per heavy atom. The van der Waals surface area contributed by atoms with Gasteiger partial charge in [-0.1, -0.05) is 6.07 Å². The molecule has 0 bridgehead atoms. The summed E-state index contributed by atoms with van der Waals surface area (Å²) >= 11 is 0. The number of halogens is 3. The van der Waals surface area contributed by atoms with Crippen LogP contribution in [0.1, 0.15) is 18.2 Å². The van der Waals surface area contributed by atoms with Crippen molar-refractivity contribution >= 4 is 5.96 Å². The zero-order chi connectivity index (χ0) is 21.4. The second-order valence-electron chi connectivity index (χ2n) is 6.65. The molecule has 1 heterocycles. The Labute approximate surface area is 168 Å². The minimum atomic E-state index is -4.44. The Bertz CT molecular complexity index is 805. The van der Waals surface area contributed by atoms with Gasteiger partial charge in [-0.2, -0.15) is 13.2 Å². The topological polar surface area (TPSA) is 62.0 Å². The van der Waals surface area contributed by atoms with Crippen molar-refractivity contribution in [1.82, 2.24) is 14.8 Å². The van der Waals surface area contributed by atoms with Crippen molar-refractivity contribution in [1.29, 1.82) is 0 Å². The first-order chi connectivity index (χ1) is 13.7. The van der Waals surface area contributed by atoms with Gasteiger partial charge in [0.2, 0.25) is 0 Å². The van der Waals surface area contributed by atoms with Crippen LogP contribution in [0.25, 0.3) is 0 Å². The third kappa shape index (κ3) is 7.01. The van der Waals surface area contributed by atoms with Crippen LogP contribution in [-0.2, 0) is 19.8 Å². The highest BCUT2D eigenvalue weighted by Gasteiger charge is 2.30. The van der Waals surface area contributed by atoms with Crippen LogP contribution in [0.2, 0.25) is 0 Å². The summed E-state index contributed by atoms with van der Waals surface area (Å²) in [7, 11) is 3.85. The number of aryl methyl sites for hydroxylation is 1. The van der Waals surface area contributed by atoms with Crippen LogP contribution >= 0.6 is 0 Å². The summed E-state index contributed by atoms with van der Waals surface area (Å²) in [5, 5.41) is 13.3. The molecule has 1 aromatic carbocycles. The van der Waals surface area contributed by atoms with Crippen LogP contribution in [-0.4, -0.2) is 53.4 Å². The molecule has 0 aliphatic carbocycles. The number of aromatic nitrogens is 1. The van der Waals surface area contributed by atoms with E-state index >= 15 is 0 Å². The number of benzene rings is 1. The summed E-state index contributed by atoms with van der Waals surface area (Å²) in [5.41, 5.74) is 0.311. The number of rotatable bonds is 8. The average molecular weight is 412 g/mol. The summed E-state index contributed by atoms with van der Waals surface area (Å²) in [5.74, 6) is 0.669. The van der Waals surface area contributed by atoms with Gasteiger partial charge in [-0.3, -0.25) is 4.99 Å². The van der Waals surface area contributed by atoms with E-state index in [1.165, 1.54) is 12.1 Å². The van der Waals surface area contributed by atoms with Crippen molar-refractivity contribution in [3.05, 3.63) is 53.9 Å². The number of hydrogen-bond acceptors (Lipinski definition) is 3. The van der Waals surface area contributed by atoms with Crippen molar-refractivity contribution < 1.29 is 23.0 Å². The molecule has 0 saturated heterocycles. The van der Waals surface area contributed by atoms with Gasteiger partial charge in [0.1, 0.15) is 18.5 Å². The Balaban J connectivity index is 1.92. The highest BCUT2D eigenvalue weighted by molar-refractivity contribution is 5.79. The molecule has 160 valence electrons. The van der Waals surface area contributed by atoms with Crippen LogP contribution in [0, 0.1) is 0 Å². The summed E-state index contributed by atoms with van der Waals surface area (Å²) < 4.78 is 45.6. The number of nitrogens with zero attached hydrogens (tertiary/aromatic N) is 3. The largest absolute Gasteiger partial charge is 0.491 e. The number of aliphatic hydroxyl groups excluding tert-OH is 1. The van der Waals surface area contributed by atoms with E-state index in [2.05, 4.69) is 10.3 Å². The minimum Gasteiger partial charge on any atom is -0.491 e. The molecule has 0 spiro atoms. The number of hydrogen-bond donors (Lipinski definition) is 2. The van der Waals surface area contributed by atoms with Gasteiger partial charge in [-0.05, 0) is 37.3 Å². The zero-order valence-corrected chi connectivity index (χ0v) is 16.8. The van der Waals surface area contributed by atoms with Crippen LogP contribution in [0.5, 0.6) is 5.75 Å². The molecule has 0 fully saturated rings. The molecule has 1 aromatic heterocycles. The van der Waals surface area contributed by atoms with E-state index in [9.17, 15) is 18.3 Å². The Morgan fingerprint density at radius 1 is 1.31 bits per heavy atom. The molecule has 2 rings (SSSR count). The van der Waals surface area contributed by atoms with E-state index in [-0.39, 0.29) is 18.9 Å². The Morgan fingerprint density at radius 3 is 2.69 bits per heavy atom. The van der Waals surface area contributed by atoms with Crippen molar-refractivity contribution in [2.45, 2.75) is 25.7 Å². The molecule has 2 aromatic rings. The summed E-state index contributed by atoms with van der Waals surface area (Å²) in [4.78, 5) is 6.33. The van der Waals surface area contributed by atoms with Crippen LogP contribution < -0.4 is 10.1 Å². The van der Waals surface area contributed by atoms with E-state index in [1.807, 2.05) is 48.8 Å². The molecule has 1 atom stereocenters. The van der Waals surface area contributed by atoms with Gasteiger partial charge >= 0.3 is 6.18 Å². The molecule has 9 heteroatoms. The summed E-state index contributed by atoms with van der Waals surface area (Å²) in [6.07, 6.45) is -3.43. The lowest BCUT2D eigenvalue weighted by Crippen LogP contribution is -2.39. The van der Waals surface area contributed by atoms with Crippen LogP contribution in [0.3, 0.4) is 0 Å². The number of alkyl halides is 3. The van der Waals surface area contributed by atoms with Crippen LogP contribution in [0.15, 0.2) is 47.6 Å². The van der Waals surface area contributed by atoms with E-state index < -0.39 is 17.8 Å². The quantitative estimate of drug-likeness (QED) is 0.517. The second-order valence-corrected chi connectivity index (χ2v) is 6.65. The molecule has 1 unspecified atom stereocenters. The lowest BCUT2D eigenvalue weighted by Gasteiger charge is -2.23. The molecule has 29 heavy (non-hydrogen) atoms. The fraction of sp³-hybridized carbons (Fsp3) is 0.450. The fourth-order valence-corrected chi connectivity index (χ4v) is 2.65. The van der Waals surface area contributed by atoms with Gasteiger partial charge in [0.05, 0.1) is 18.7 Å². The Kier molecular flexibility index (Phi) is 7.95. The molecular weight excluding hydrogens is 385 g/mol. The highest BCUT2D eigenvalue weighted by Crippen LogP contribution is 2.31.